The zero-order valence-corrected chi connectivity index (χ0v) is 18.0. The summed E-state index contributed by atoms with van der Waals surface area (Å²) in [6.45, 7) is 7.73. The molecule has 0 aliphatic carbocycles. The van der Waals surface area contributed by atoms with Crippen LogP contribution in [0.25, 0.3) is 16.9 Å². The molecule has 7 nitrogen and oxygen atoms in total. The molecule has 0 atom stereocenters. The number of rotatable bonds is 5. The molecule has 0 aliphatic rings. The van der Waals surface area contributed by atoms with Crippen molar-refractivity contribution in [3.63, 3.8) is 0 Å². The first-order valence-corrected chi connectivity index (χ1v) is 10.2. The van der Waals surface area contributed by atoms with Gasteiger partial charge in [-0.1, -0.05) is 35.9 Å². The van der Waals surface area contributed by atoms with Gasteiger partial charge in [-0.3, -0.25) is 14.2 Å². The first-order valence-electron chi connectivity index (χ1n) is 10.2. The van der Waals surface area contributed by atoms with Crippen LogP contribution in [0, 0.1) is 20.8 Å². The second-order valence-electron chi connectivity index (χ2n) is 7.79. The van der Waals surface area contributed by atoms with E-state index in [1.807, 2.05) is 51.1 Å². The van der Waals surface area contributed by atoms with Crippen LogP contribution in [0.5, 0.6) is 0 Å². The van der Waals surface area contributed by atoms with Gasteiger partial charge in [0.2, 0.25) is 0 Å². The lowest BCUT2D eigenvalue weighted by atomic mass is 10.0. The molecule has 0 unspecified atom stereocenters. The van der Waals surface area contributed by atoms with E-state index in [9.17, 15) is 14.4 Å². The van der Waals surface area contributed by atoms with Gasteiger partial charge in [0.15, 0.2) is 16.9 Å². The summed E-state index contributed by atoms with van der Waals surface area (Å²) in [6.07, 6.45) is 1.46. The van der Waals surface area contributed by atoms with E-state index in [-0.39, 0.29) is 30.0 Å². The highest BCUT2D eigenvalue weighted by Crippen LogP contribution is 2.16. The fourth-order valence-electron chi connectivity index (χ4n) is 3.94. The van der Waals surface area contributed by atoms with Crippen LogP contribution in [0.15, 0.2) is 58.4 Å². The minimum Gasteiger partial charge on any atom is -0.317 e. The molecule has 0 radical (unpaired) electrons. The monoisotopic (exact) mass is 416 g/mol. The van der Waals surface area contributed by atoms with E-state index in [1.165, 1.54) is 20.0 Å². The van der Waals surface area contributed by atoms with E-state index in [2.05, 4.69) is 4.98 Å². The summed E-state index contributed by atoms with van der Waals surface area (Å²) in [5.74, 6) is -0.118. The third kappa shape index (κ3) is 3.52. The number of fused-ring (bicyclic) bond motifs is 1. The van der Waals surface area contributed by atoms with Gasteiger partial charge in [0.25, 0.3) is 5.56 Å². The largest absolute Gasteiger partial charge is 0.337 e. The summed E-state index contributed by atoms with van der Waals surface area (Å²) in [5, 5.41) is 0. The maximum absolute atomic E-state index is 13.1. The van der Waals surface area contributed by atoms with E-state index in [1.54, 1.807) is 19.1 Å². The molecule has 0 fully saturated rings. The van der Waals surface area contributed by atoms with Crippen molar-refractivity contribution in [3.05, 3.63) is 91.9 Å². The Labute approximate surface area is 179 Å². The molecule has 4 rings (SSSR count). The van der Waals surface area contributed by atoms with E-state index in [0.717, 1.165) is 16.7 Å². The van der Waals surface area contributed by atoms with Crippen molar-refractivity contribution in [2.24, 2.45) is 0 Å². The lowest BCUT2D eigenvalue weighted by molar-refractivity contribution is 0.0972. The van der Waals surface area contributed by atoms with Crippen LogP contribution >= 0.6 is 0 Å². The molecule has 2 heterocycles. The molecule has 0 spiro atoms. The molecule has 31 heavy (non-hydrogen) atoms. The van der Waals surface area contributed by atoms with Crippen LogP contribution in [0.1, 0.15) is 34.0 Å². The highest BCUT2D eigenvalue weighted by molar-refractivity contribution is 5.98. The van der Waals surface area contributed by atoms with Gasteiger partial charge in [0.05, 0.1) is 18.6 Å². The smallest absolute Gasteiger partial charge is 0.317 e. The molecule has 0 aliphatic heterocycles. The molecule has 0 N–H and O–H groups in total. The predicted octanol–water partition coefficient (Wildman–Crippen LogP) is 3.18. The van der Waals surface area contributed by atoms with Crippen LogP contribution in [0.4, 0.5) is 0 Å². The lowest BCUT2D eigenvalue weighted by Crippen LogP contribution is -2.39. The number of benzene rings is 2. The van der Waals surface area contributed by atoms with Gasteiger partial charge >= 0.3 is 5.69 Å². The zero-order valence-electron chi connectivity index (χ0n) is 18.0. The number of imidazole rings is 1. The molecule has 158 valence electrons. The Balaban J connectivity index is 1.91. The Morgan fingerprint density at radius 3 is 2.42 bits per heavy atom. The first kappa shape index (κ1) is 20.5. The molecule has 0 amide bonds. The molecule has 0 bridgehead atoms. The Bertz CT molecular complexity index is 1440. The molecule has 4 aromatic rings. The topological polar surface area (TPSA) is 78.9 Å². The Kier molecular flexibility index (Phi) is 5.19. The van der Waals surface area contributed by atoms with E-state index in [0.29, 0.717) is 11.3 Å². The SMILES string of the molecule is CCn1c(=O)c2c(ncn2CC(=O)c2ccc(C)cc2C)n(-c2cccc(C)c2)c1=O. The molecule has 7 heteroatoms. The highest BCUT2D eigenvalue weighted by atomic mass is 16.2. The quantitative estimate of drug-likeness (QED) is 0.468. The Hall–Kier alpha value is -3.74. The average molecular weight is 416 g/mol. The average Bonchev–Trinajstić information content (AvgIpc) is 3.11. The summed E-state index contributed by atoms with van der Waals surface area (Å²) in [6, 6.07) is 13.1. The maximum atomic E-state index is 13.1. The number of aryl methyl sites for hydroxylation is 3. The number of nitrogens with zero attached hydrogens (tertiary/aromatic N) is 4. The number of hydrogen-bond acceptors (Lipinski definition) is 4. The third-order valence-electron chi connectivity index (χ3n) is 5.47. The van der Waals surface area contributed by atoms with Crippen molar-refractivity contribution in [1.82, 2.24) is 18.7 Å². The third-order valence-corrected chi connectivity index (χ3v) is 5.47. The van der Waals surface area contributed by atoms with Gasteiger partial charge in [0, 0.05) is 12.1 Å². The van der Waals surface area contributed by atoms with Crippen molar-refractivity contribution in [2.75, 3.05) is 0 Å². The number of aromatic nitrogens is 4. The summed E-state index contributed by atoms with van der Waals surface area (Å²) in [4.78, 5) is 43.6. The minimum atomic E-state index is -0.448. The second kappa shape index (κ2) is 7.83. The standard InChI is InChI=1S/C24H24N4O3/c1-5-27-23(30)21-22(28(24(27)31)18-8-6-7-15(2)12-18)25-14-26(21)13-20(29)19-10-9-16(3)11-17(19)4/h6-12,14H,5,13H2,1-4H3. The van der Waals surface area contributed by atoms with Gasteiger partial charge in [0.1, 0.15) is 0 Å². The van der Waals surface area contributed by atoms with Crippen LogP contribution in [0.3, 0.4) is 0 Å². The van der Waals surface area contributed by atoms with Gasteiger partial charge in [-0.05, 0) is 51.0 Å². The zero-order chi connectivity index (χ0) is 22.3. The summed E-state index contributed by atoms with van der Waals surface area (Å²) < 4.78 is 4.15. The molecule has 2 aromatic carbocycles. The van der Waals surface area contributed by atoms with E-state index >= 15 is 0 Å². The normalized spacial score (nSPS) is 11.2. The van der Waals surface area contributed by atoms with Crippen LogP contribution in [-0.2, 0) is 13.1 Å². The van der Waals surface area contributed by atoms with Crippen molar-refractivity contribution >= 4 is 16.9 Å². The summed E-state index contributed by atoms with van der Waals surface area (Å²) in [5.41, 5.74) is 3.77. The van der Waals surface area contributed by atoms with Crippen LogP contribution in [-0.4, -0.2) is 24.5 Å². The molecule has 0 saturated heterocycles. The molecule has 0 saturated carbocycles. The minimum absolute atomic E-state index is 0.0363. The van der Waals surface area contributed by atoms with E-state index < -0.39 is 11.2 Å². The number of ketones is 1. The number of Topliss-reactive ketones (excluding diaryl/α,β-unsaturated/α-hetero) is 1. The number of hydrogen-bond donors (Lipinski definition) is 0. The van der Waals surface area contributed by atoms with Crippen molar-refractivity contribution in [2.45, 2.75) is 40.8 Å². The Morgan fingerprint density at radius 2 is 1.74 bits per heavy atom. The first-order chi connectivity index (χ1) is 14.8. The second-order valence-corrected chi connectivity index (χ2v) is 7.79. The lowest BCUT2D eigenvalue weighted by Gasteiger charge is -2.12. The van der Waals surface area contributed by atoms with Gasteiger partial charge < -0.3 is 4.57 Å². The maximum Gasteiger partial charge on any atom is 0.337 e. The van der Waals surface area contributed by atoms with Crippen molar-refractivity contribution < 1.29 is 4.79 Å². The van der Waals surface area contributed by atoms with E-state index in [4.69, 9.17) is 0 Å². The number of carbonyl (C=O) groups excluding carboxylic acids is 1. The molecular weight excluding hydrogens is 392 g/mol. The van der Waals surface area contributed by atoms with Crippen LogP contribution in [0.2, 0.25) is 0 Å². The predicted molar refractivity (Wildman–Crippen MR) is 120 cm³/mol. The van der Waals surface area contributed by atoms with Crippen molar-refractivity contribution in [1.29, 1.82) is 0 Å². The fraction of sp³-hybridized carbons (Fsp3) is 0.250. The number of carbonyl (C=O) groups is 1. The van der Waals surface area contributed by atoms with Crippen LogP contribution < -0.4 is 11.2 Å². The van der Waals surface area contributed by atoms with Crippen molar-refractivity contribution in [3.8, 4) is 5.69 Å². The van der Waals surface area contributed by atoms with Gasteiger partial charge in [-0.25, -0.2) is 14.3 Å². The van der Waals surface area contributed by atoms with Gasteiger partial charge in [-0.2, -0.15) is 0 Å². The highest BCUT2D eigenvalue weighted by Gasteiger charge is 2.20. The summed E-state index contributed by atoms with van der Waals surface area (Å²) >= 11 is 0. The fourth-order valence-corrected chi connectivity index (χ4v) is 3.94. The van der Waals surface area contributed by atoms with Gasteiger partial charge in [-0.15, -0.1) is 0 Å². The Morgan fingerprint density at radius 1 is 1.00 bits per heavy atom. The molecule has 2 aromatic heterocycles. The summed E-state index contributed by atoms with van der Waals surface area (Å²) in [7, 11) is 0. The molecular formula is C24H24N4O3.